The normalized spacial score (nSPS) is 11.7. The summed E-state index contributed by atoms with van der Waals surface area (Å²) in [5.41, 5.74) is 0.0483. The Morgan fingerprint density at radius 3 is 2.50 bits per heavy atom. The van der Waals surface area contributed by atoms with Gasteiger partial charge in [0.25, 0.3) is 5.91 Å². The Bertz CT molecular complexity index is 764. The van der Waals surface area contributed by atoms with Crippen LogP contribution in [0.1, 0.15) is 24.3 Å². The molecule has 26 heavy (non-hydrogen) atoms. The van der Waals surface area contributed by atoms with E-state index in [1.807, 2.05) is 13.8 Å². The molecule has 1 unspecified atom stereocenters. The molecule has 1 atom stereocenters. The average Bonchev–Trinajstić information content (AvgIpc) is 2.59. The third-order valence-corrected chi connectivity index (χ3v) is 3.16. The second-order valence-electron chi connectivity index (χ2n) is 5.63. The maximum absolute atomic E-state index is 12.9. The van der Waals surface area contributed by atoms with Gasteiger partial charge in [0.1, 0.15) is 11.6 Å². The van der Waals surface area contributed by atoms with Gasteiger partial charge in [-0.05, 0) is 50.2 Å². The molecule has 0 radical (unpaired) electrons. The number of aromatic nitrogens is 1. The second-order valence-corrected chi connectivity index (χ2v) is 5.63. The second kappa shape index (κ2) is 8.80. The molecule has 1 heterocycles. The van der Waals surface area contributed by atoms with Crippen LogP contribution >= 0.6 is 0 Å². The van der Waals surface area contributed by atoms with Crippen molar-refractivity contribution in [1.29, 1.82) is 0 Å². The molecule has 8 heteroatoms. The summed E-state index contributed by atoms with van der Waals surface area (Å²) in [7, 11) is 0. The lowest BCUT2D eigenvalue weighted by Crippen LogP contribution is -2.40. The van der Waals surface area contributed by atoms with E-state index in [1.54, 1.807) is 12.1 Å². The smallest absolute Gasteiger partial charge is 0.346 e. The number of benzene rings is 1. The van der Waals surface area contributed by atoms with Gasteiger partial charge in [-0.25, -0.2) is 14.2 Å². The van der Waals surface area contributed by atoms with Crippen molar-refractivity contribution in [1.82, 2.24) is 10.3 Å². The highest BCUT2D eigenvalue weighted by Gasteiger charge is 2.22. The molecule has 7 nitrogen and oxygen atoms in total. The van der Waals surface area contributed by atoms with Gasteiger partial charge in [0, 0.05) is 6.20 Å². The Morgan fingerprint density at radius 1 is 1.19 bits per heavy atom. The van der Waals surface area contributed by atoms with Crippen molar-refractivity contribution in [2.45, 2.75) is 26.1 Å². The number of rotatable bonds is 8. The number of carbonyl (C=O) groups is 2. The van der Waals surface area contributed by atoms with Crippen molar-refractivity contribution in [3.8, 4) is 11.5 Å². The lowest BCUT2D eigenvalue weighted by Gasteiger charge is -2.17. The molecule has 2 rings (SSSR count). The van der Waals surface area contributed by atoms with E-state index < -0.39 is 23.8 Å². The van der Waals surface area contributed by atoms with Gasteiger partial charge in [-0.2, -0.15) is 0 Å². The Balaban J connectivity index is 2.03. The first-order valence-corrected chi connectivity index (χ1v) is 7.91. The van der Waals surface area contributed by atoms with Gasteiger partial charge in [-0.1, -0.05) is 0 Å². The number of aliphatic carboxylic acids is 1. The van der Waals surface area contributed by atoms with Crippen LogP contribution in [-0.2, 0) is 4.79 Å². The van der Waals surface area contributed by atoms with Crippen LogP contribution in [0.4, 0.5) is 4.39 Å². The predicted molar refractivity (Wildman–Crippen MR) is 90.8 cm³/mol. The highest BCUT2D eigenvalue weighted by molar-refractivity contribution is 5.95. The molecule has 2 aromatic rings. The monoisotopic (exact) mass is 362 g/mol. The summed E-state index contributed by atoms with van der Waals surface area (Å²) < 4.78 is 23.7. The number of amides is 1. The first-order valence-electron chi connectivity index (χ1n) is 7.91. The van der Waals surface area contributed by atoms with Gasteiger partial charge < -0.3 is 19.9 Å². The standard InChI is InChI=1S/C18H19FN2O5/c1-11(2)25-14-4-3-9-20-16(14)17(22)21-10-15(18(23)24)26-13-7-5-12(19)6-8-13/h3-9,11,15H,10H2,1-2H3,(H,21,22)(H,23,24). The van der Waals surface area contributed by atoms with Crippen LogP contribution in [0.15, 0.2) is 42.6 Å². The van der Waals surface area contributed by atoms with E-state index in [-0.39, 0.29) is 24.1 Å². The number of nitrogens with one attached hydrogen (secondary N) is 1. The number of carbonyl (C=O) groups excluding carboxylic acids is 1. The van der Waals surface area contributed by atoms with E-state index in [1.165, 1.54) is 18.3 Å². The fourth-order valence-electron chi connectivity index (χ4n) is 2.04. The molecule has 0 saturated heterocycles. The fraction of sp³-hybridized carbons (Fsp3) is 0.278. The zero-order chi connectivity index (χ0) is 19.1. The minimum absolute atomic E-state index is 0.0483. The Kier molecular flexibility index (Phi) is 6.48. The number of ether oxygens (including phenoxy) is 2. The molecule has 0 spiro atoms. The summed E-state index contributed by atoms with van der Waals surface area (Å²) in [5, 5.41) is 11.7. The molecule has 1 aromatic heterocycles. The molecule has 1 aromatic carbocycles. The van der Waals surface area contributed by atoms with Gasteiger partial charge in [-0.3, -0.25) is 4.79 Å². The third-order valence-electron chi connectivity index (χ3n) is 3.16. The van der Waals surface area contributed by atoms with Crippen LogP contribution in [-0.4, -0.2) is 40.7 Å². The number of nitrogens with zero attached hydrogens (tertiary/aromatic N) is 1. The Morgan fingerprint density at radius 2 is 1.88 bits per heavy atom. The van der Waals surface area contributed by atoms with Crippen LogP contribution in [0.2, 0.25) is 0 Å². The van der Waals surface area contributed by atoms with E-state index in [9.17, 15) is 19.1 Å². The molecule has 0 aliphatic heterocycles. The van der Waals surface area contributed by atoms with Crippen LogP contribution in [0, 0.1) is 5.82 Å². The van der Waals surface area contributed by atoms with Crippen molar-refractivity contribution in [3.63, 3.8) is 0 Å². The van der Waals surface area contributed by atoms with Gasteiger partial charge in [0.15, 0.2) is 11.4 Å². The van der Waals surface area contributed by atoms with E-state index in [0.717, 1.165) is 12.1 Å². The number of halogens is 1. The first-order chi connectivity index (χ1) is 12.4. The SMILES string of the molecule is CC(C)Oc1cccnc1C(=O)NCC(Oc1ccc(F)cc1)C(=O)O. The van der Waals surface area contributed by atoms with Crippen molar-refractivity contribution in [2.24, 2.45) is 0 Å². The molecule has 2 N–H and O–H groups in total. The number of carboxylic acids is 1. The largest absolute Gasteiger partial charge is 0.489 e. The van der Waals surface area contributed by atoms with E-state index in [4.69, 9.17) is 9.47 Å². The fourth-order valence-corrected chi connectivity index (χ4v) is 2.04. The first kappa shape index (κ1) is 19.2. The molecule has 0 saturated carbocycles. The third kappa shape index (κ3) is 5.44. The summed E-state index contributed by atoms with van der Waals surface area (Å²) in [6.07, 6.45) is -0.0619. The number of hydrogen-bond acceptors (Lipinski definition) is 5. The summed E-state index contributed by atoms with van der Waals surface area (Å²) in [6.45, 7) is 3.32. The van der Waals surface area contributed by atoms with Gasteiger partial charge in [0.05, 0.1) is 12.6 Å². The maximum atomic E-state index is 12.9. The van der Waals surface area contributed by atoms with E-state index in [2.05, 4.69) is 10.3 Å². The topological polar surface area (TPSA) is 97.8 Å². The average molecular weight is 362 g/mol. The van der Waals surface area contributed by atoms with Crippen molar-refractivity contribution in [3.05, 3.63) is 54.1 Å². The Labute approximate surface area is 149 Å². The molecule has 1 amide bonds. The van der Waals surface area contributed by atoms with Crippen LogP contribution in [0.3, 0.4) is 0 Å². The van der Waals surface area contributed by atoms with Crippen molar-refractivity contribution >= 4 is 11.9 Å². The number of pyridine rings is 1. The maximum Gasteiger partial charge on any atom is 0.346 e. The molecule has 138 valence electrons. The number of hydrogen-bond donors (Lipinski definition) is 2. The minimum atomic E-state index is -1.34. The summed E-state index contributed by atoms with van der Waals surface area (Å²) >= 11 is 0. The quantitative estimate of drug-likeness (QED) is 0.748. The molecule has 0 aliphatic carbocycles. The van der Waals surface area contributed by atoms with Crippen LogP contribution in [0.5, 0.6) is 11.5 Å². The molecule has 0 bridgehead atoms. The lowest BCUT2D eigenvalue weighted by molar-refractivity contribution is -0.144. The predicted octanol–water partition coefficient (Wildman–Crippen LogP) is 2.27. The number of carboxylic acid groups (broad SMARTS) is 1. The lowest BCUT2D eigenvalue weighted by atomic mass is 10.2. The summed E-state index contributed by atoms with van der Waals surface area (Å²) in [6, 6.07) is 8.14. The van der Waals surface area contributed by atoms with Crippen LogP contribution in [0.25, 0.3) is 0 Å². The zero-order valence-corrected chi connectivity index (χ0v) is 14.3. The minimum Gasteiger partial charge on any atom is -0.489 e. The van der Waals surface area contributed by atoms with Crippen molar-refractivity contribution in [2.75, 3.05) is 6.54 Å². The van der Waals surface area contributed by atoms with Gasteiger partial charge in [-0.15, -0.1) is 0 Å². The van der Waals surface area contributed by atoms with E-state index >= 15 is 0 Å². The molecule has 0 fully saturated rings. The summed E-state index contributed by atoms with van der Waals surface area (Å²) in [4.78, 5) is 27.6. The van der Waals surface area contributed by atoms with Gasteiger partial charge >= 0.3 is 5.97 Å². The highest BCUT2D eigenvalue weighted by Crippen LogP contribution is 2.17. The zero-order valence-electron chi connectivity index (χ0n) is 14.3. The van der Waals surface area contributed by atoms with E-state index in [0.29, 0.717) is 5.75 Å². The molecular formula is C18H19FN2O5. The van der Waals surface area contributed by atoms with Crippen LogP contribution < -0.4 is 14.8 Å². The summed E-state index contributed by atoms with van der Waals surface area (Å²) in [5.74, 6) is -1.85. The Hall–Kier alpha value is -3.16. The molecule has 0 aliphatic rings. The van der Waals surface area contributed by atoms with Gasteiger partial charge in [0.2, 0.25) is 6.10 Å². The van der Waals surface area contributed by atoms with Crippen molar-refractivity contribution < 1.29 is 28.6 Å². The highest BCUT2D eigenvalue weighted by atomic mass is 19.1. The molecular weight excluding hydrogens is 343 g/mol.